The Bertz CT molecular complexity index is 307. The molecule has 0 aliphatic heterocycles. The van der Waals surface area contributed by atoms with E-state index in [0.29, 0.717) is 11.9 Å². The Morgan fingerprint density at radius 1 is 1.29 bits per heavy atom. The second-order valence-corrected chi connectivity index (χ2v) is 3.92. The topological polar surface area (TPSA) is 41.1 Å². The summed E-state index contributed by atoms with van der Waals surface area (Å²) in [5, 5.41) is 1.83. The molecule has 0 saturated carbocycles. The van der Waals surface area contributed by atoms with Crippen LogP contribution in [0.5, 0.6) is 0 Å². The Morgan fingerprint density at radius 2 is 1.93 bits per heavy atom. The third-order valence-corrected chi connectivity index (χ3v) is 1.79. The Kier molecular flexibility index (Phi) is 3.41. The predicted octanol–water partition coefficient (Wildman–Crippen LogP) is 1.80. The molecule has 0 aliphatic carbocycles. The van der Waals surface area contributed by atoms with E-state index in [9.17, 15) is 0 Å². The summed E-state index contributed by atoms with van der Waals surface area (Å²) in [5.41, 5.74) is 5.12. The maximum absolute atomic E-state index is 4.41. The van der Waals surface area contributed by atoms with Crippen LogP contribution in [-0.2, 0) is 0 Å². The number of hydrogen-bond donors (Lipinski definition) is 1. The van der Waals surface area contributed by atoms with Crippen molar-refractivity contribution in [3.8, 4) is 0 Å². The summed E-state index contributed by atoms with van der Waals surface area (Å²) >= 11 is 0. The van der Waals surface area contributed by atoms with Crippen LogP contribution in [-0.4, -0.2) is 29.1 Å². The molecule has 0 saturated heterocycles. The van der Waals surface area contributed by atoms with Crippen molar-refractivity contribution in [3.05, 3.63) is 17.5 Å². The second kappa shape index (κ2) is 4.37. The summed E-state index contributed by atoms with van der Waals surface area (Å²) in [6.45, 7) is 6.23. The fourth-order valence-corrected chi connectivity index (χ4v) is 1.14. The van der Waals surface area contributed by atoms with Crippen LogP contribution in [0.4, 0.5) is 5.95 Å². The lowest BCUT2D eigenvalue weighted by Crippen LogP contribution is -2.22. The van der Waals surface area contributed by atoms with E-state index in [2.05, 4.69) is 29.2 Å². The fraction of sp³-hybridized carbons (Fsp3) is 0.600. The highest BCUT2D eigenvalue weighted by Crippen LogP contribution is 2.14. The molecule has 0 fully saturated rings. The van der Waals surface area contributed by atoms with Gasteiger partial charge in [-0.2, -0.15) is 0 Å². The molecule has 0 aromatic carbocycles. The van der Waals surface area contributed by atoms with Crippen molar-refractivity contribution in [1.29, 1.82) is 0 Å². The Balaban J connectivity index is 2.95. The van der Waals surface area contributed by atoms with E-state index in [-0.39, 0.29) is 0 Å². The molecule has 1 N–H and O–H groups in total. The van der Waals surface area contributed by atoms with Gasteiger partial charge in [0.15, 0.2) is 0 Å². The summed E-state index contributed by atoms with van der Waals surface area (Å²) in [6, 6.07) is 2.02. The van der Waals surface area contributed by atoms with Crippen LogP contribution in [0.1, 0.15) is 31.2 Å². The zero-order valence-corrected chi connectivity index (χ0v) is 9.50. The van der Waals surface area contributed by atoms with Crippen molar-refractivity contribution in [2.75, 3.05) is 19.5 Å². The average molecular weight is 194 g/mol. The van der Waals surface area contributed by atoms with Gasteiger partial charge in [-0.3, -0.25) is 5.43 Å². The molecule has 0 spiro atoms. The summed E-state index contributed by atoms with van der Waals surface area (Å²) in [5.74, 6) is 1.10. The van der Waals surface area contributed by atoms with Crippen molar-refractivity contribution >= 4 is 5.95 Å². The minimum absolute atomic E-state index is 0.430. The van der Waals surface area contributed by atoms with Gasteiger partial charge in [-0.1, -0.05) is 13.8 Å². The van der Waals surface area contributed by atoms with Crippen molar-refractivity contribution in [2.24, 2.45) is 0 Å². The van der Waals surface area contributed by atoms with Gasteiger partial charge >= 0.3 is 0 Å². The van der Waals surface area contributed by atoms with E-state index in [1.165, 1.54) is 0 Å². The van der Waals surface area contributed by atoms with Gasteiger partial charge in [0.2, 0.25) is 5.95 Å². The molecule has 0 bridgehead atoms. The van der Waals surface area contributed by atoms with Gasteiger partial charge in [-0.05, 0) is 18.9 Å². The Hall–Kier alpha value is -1.16. The maximum Gasteiger partial charge on any atom is 0.237 e. The molecular formula is C10H18N4. The van der Waals surface area contributed by atoms with E-state index in [1.807, 2.05) is 32.1 Å². The number of anilines is 1. The molecule has 1 aromatic rings. The number of hydrogen-bond acceptors (Lipinski definition) is 4. The van der Waals surface area contributed by atoms with Crippen molar-refractivity contribution in [1.82, 2.24) is 15.0 Å². The number of nitrogens with zero attached hydrogens (tertiary/aromatic N) is 3. The van der Waals surface area contributed by atoms with Gasteiger partial charge in [-0.15, -0.1) is 0 Å². The number of hydrazine groups is 1. The number of rotatable bonds is 3. The highest BCUT2D eigenvalue weighted by atomic mass is 15.5. The Morgan fingerprint density at radius 3 is 2.43 bits per heavy atom. The molecule has 4 heteroatoms. The van der Waals surface area contributed by atoms with Crippen LogP contribution in [0, 0.1) is 6.92 Å². The van der Waals surface area contributed by atoms with Crippen LogP contribution < -0.4 is 5.43 Å². The van der Waals surface area contributed by atoms with Gasteiger partial charge in [0.05, 0.1) is 0 Å². The quantitative estimate of drug-likeness (QED) is 0.745. The minimum atomic E-state index is 0.430. The molecule has 4 nitrogen and oxygen atoms in total. The second-order valence-electron chi connectivity index (χ2n) is 3.92. The lowest BCUT2D eigenvalue weighted by molar-refractivity contribution is 0.487. The molecule has 78 valence electrons. The third-order valence-electron chi connectivity index (χ3n) is 1.79. The van der Waals surface area contributed by atoms with Gasteiger partial charge < -0.3 is 0 Å². The normalized spacial score (nSPS) is 11.1. The molecule has 14 heavy (non-hydrogen) atoms. The molecule has 1 aromatic heterocycles. The van der Waals surface area contributed by atoms with Crippen LogP contribution >= 0.6 is 0 Å². The van der Waals surface area contributed by atoms with Crippen LogP contribution in [0.25, 0.3) is 0 Å². The van der Waals surface area contributed by atoms with Crippen molar-refractivity contribution in [3.63, 3.8) is 0 Å². The van der Waals surface area contributed by atoms with Crippen LogP contribution in [0.3, 0.4) is 0 Å². The van der Waals surface area contributed by atoms with E-state index in [0.717, 1.165) is 11.4 Å². The SMILES string of the molecule is Cc1cc(C(C)C)nc(NN(C)C)n1. The molecule has 0 aliphatic rings. The predicted molar refractivity (Wildman–Crippen MR) is 58.2 cm³/mol. The highest BCUT2D eigenvalue weighted by molar-refractivity contribution is 5.27. The first-order valence-electron chi connectivity index (χ1n) is 4.78. The summed E-state index contributed by atoms with van der Waals surface area (Å²) in [7, 11) is 3.83. The van der Waals surface area contributed by atoms with E-state index < -0.39 is 0 Å². The fourth-order valence-electron chi connectivity index (χ4n) is 1.14. The largest absolute Gasteiger partial charge is 0.287 e. The van der Waals surface area contributed by atoms with Crippen LogP contribution in [0.15, 0.2) is 6.07 Å². The smallest absolute Gasteiger partial charge is 0.237 e. The lowest BCUT2D eigenvalue weighted by atomic mass is 10.1. The van der Waals surface area contributed by atoms with E-state index >= 15 is 0 Å². The summed E-state index contributed by atoms with van der Waals surface area (Å²) in [6.07, 6.45) is 0. The standard InChI is InChI=1S/C10H18N4/c1-7(2)9-6-8(3)11-10(12-9)13-14(4)5/h6-7H,1-5H3,(H,11,12,13). The molecular weight excluding hydrogens is 176 g/mol. The van der Waals surface area contributed by atoms with E-state index in [1.54, 1.807) is 0 Å². The maximum atomic E-state index is 4.41. The highest BCUT2D eigenvalue weighted by Gasteiger charge is 2.05. The van der Waals surface area contributed by atoms with E-state index in [4.69, 9.17) is 0 Å². The number of aryl methyl sites for hydroxylation is 1. The summed E-state index contributed by atoms with van der Waals surface area (Å²) < 4.78 is 0. The molecule has 1 rings (SSSR count). The molecule has 0 atom stereocenters. The molecule has 0 amide bonds. The first-order valence-corrected chi connectivity index (χ1v) is 4.78. The van der Waals surface area contributed by atoms with Gasteiger partial charge in [0.1, 0.15) is 0 Å². The van der Waals surface area contributed by atoms with Crippen LogP contribution in [0.2, 0.25) is 0 Å². The molecule has 1 heterocycles. The third kappa shape index (κ3) is 2.96. The van der Waals surface area contributed by atoms with Gasteiger partial charge in [0.25, 0.3) is 0 Å². The van der Waals surface area contributed by atoms with Gasteiger partial charge in [0, 0.05) is 25.5 Å². The average Bonchev–Trinajstić information content (AvgIpc) is 2.01. The number of aromatic nitrogens is 2. The van der Waals surface area contributed by atoms with Crippen molar-refractivity contribution in [2.45, 2.75) is 26.7 Å². The Labute approximate surface area is 85.3 Å². The lowest BCUT2D eigenvalue weighted by Gasteiger charge is -2.14. The monoisotopic (exact) mass is 194 g/mol. The zero-order chi connectivity index (χ0) is 10.7. The minimum Gasteiger partial charge on any atom is -0.287 e. The molecule has 0 unspecified atom stereocenters. The first-order chi connectivity index (χ1) is 6.49. The van der Waals surface area contributed by atoms with Crippen molar-refractivity contribution < 1.29 is 0 Å². The first kappa shape index (κ1) is 10.9. The summed E-state index contributed by atoms with van der Waals surface area (Å²) in [4.78, 5) is 8.70. The zero-order valence-electron chi connectivity index (χ0n) is 9.50. The van der Waals surface area contributed by atoms with Gasteiger partial charge in [-0.25, -0.2) is 15.0 Å². The molecule has 0 radical (unpaired) electrons. The number of nitrogens with one attached hydrogen (secondary N) is 1.